The highest BCUT2D eigenvalue weighted by Crippen LogP contribution is 2.33. The average Bonchev–Trinajstić information content (AvgIpc) is 2.69. The van der Waals surface area contributed by atoms with Crippen LogP contribution in [0.15, 0.2) is 36.4 Å². The maximum absolute atomic E-state index is 6.40. The standard InChI is InChI=1S/C14H13ClIN/c15-17-13-4-2-1-3-11(13)9-14(17)10-5-7-12(16)8-6-10/h1-5,9,12H,6-8H2. The van der Waals surface area contributed by atoms with Crippen molar-refractivity contribution >= 4 is 50.8 Å². The predicted molar refractivity (Wildman–Crippen MR) is 82.8 cm³/mol. The summed E-state index contributed by atoms with van der Waals surface area (Å²) in [4.78, 5) is 0. The summed E-state index contributed by atoms with van der Waals surface area (Å²) in [5, 5.41) is 1.22. The van der Waals surface area contributed by atoms with Crippen LogP contribution < -0.4 is 0 Å². The molecule has 17 heavy (non-hydrogen) atoms. The van der Waals surface area contributed by atoms with Crippen molar-refractivity contribution in [3.05, 3.63) is 42.1 Å². The lowest BCUT2D eigenvalue weighted by Crippen LogP contribution is -2.04. The van der Waals surface area contributed by atoms with Crippen LogP contribution in [-0.2, 0) is 0 Å². The molecule has 0 saturated heterocycles. The summed E-state index contributed by atoms with van der Waals surface area (Å²) in [7, 11) is 0. The molecular weight excluding hydrogens is 345 g/mol. The van der Waals surface area contributed by atoms with E-state index >= 15 is 0 Å². The second kappa shape index (κ2) is 4.65. The Hall–Kier alpha value is -0.480. The van der Waals surface area contributed by atoms with Crippen molar-refractivity contribution in [1.29, 1.82) is 0 Å². The molecule has 3 heteroatoms. The van der Waals surface area contributed by atoms with Crippen molar-refractivity contribution in [3.63, 3.8) is 0 Å². The van der Waals surface area contributed by atoms with Crippen molar-refractivity contribution in [2.24, 2.45) is 0 Å². The van der Waals surface area contributed by atoms with Gasteiger partial charge in [0.15, 0.2) is 0 Å². The molecule has 0 spiro atoms. The Kier molecular flexibility index (Phi) is 3.17. The molecule has 1 heterocycles. The van der Waals surface area contributed by atoms with Crippen LogP contribution in [0.4, 0.5) is 0 Å². The lowest BCUT2D eigenvalue weighted by atomic mass is 9.97. The molecule has 0 amide bonds. The topological polar surface area (TPSA) is 4.93 Å². The summed E-state index contributed by atoms with van der Waals surface area (Å²) in [6.07, 6.45) is 5.89. The van der Waals surface area contributed by atoms with E-state index in [1.165, 1.54) is 17.4 Å². The first-order valence-corrected chi connectivity index (χ1v) is 7.44. The third-order valence-corrected chi connectivity index (χ3v) is 4.82. The summed E-state index contributed by atoms with van der Waals surface area (Å²) in [6, 6.07) is 10.5. The normalized spacial score (nSPS) is 20.6. The Balaban J connectivity index is 2.09. The van der Waals surface area contributed by atoms with Gasteiger partial charge in [-0.2, -0.15) is 0 Å². The smallest absolute Gasteiger partial charge is 0.0654 e. The van der Waals surface area contributed by atoms with E-state index in [0.717, 1.165) is 28.0 Å². The van der Waals surface area contributed by atoms with Gasteiger partial charge in [-0.1, -0.05) is 46.9 Å². The number of para-hydroxylation sites is 1. The molecule has 0 saturated carbocycles. The molecule has 0 radical (unpaired) electrons. The second-order valence-corrected chi connectivity index (χ2v) is 6.57. The quantitative estimate of drug-likeness (QED) is 0.499. The molecule has 1 unspecified atom stereocenters. The number of alkyl halides is 1. The van der Waals surface area contributed by atoms with Crippen LogP contribution in [0.2, 0.25) is 0 Å². The molecule has 1 aliphatic rings. The molecule has 1 nitrogen and oxygen atoms in total. The van der Waals surface area contributed by atoms with Crippen molar-refractivity contribution in [2.75, 3.05) is 0 Å². The van der Waals surface area contributed by atoms with Gasteiger partial charge in [-0.3, -0.25) is 4.09 Å². The molecule has 3 rings (SSSR count). The first-order chi connectivity index (χ1) is 8.25. The fourth-order valence-electron chi connectivity index (χ4n) is 2.38. The number of aromatic nitrogens is 1. The van der Waals surface area contributed by atoms with E-state index < -0.39 is 0 Å². The van der Waals surface area contributed by atoms with Gasteiger partial charge in [0, 0.05) is 21.1 Å². The zero-order chi connectivity index (χ0) is 11.8. The van der Waals surface area contributed by atoms with Gasteiger partial charge in [-0.05, 0) is 37.0 Å². The van der Waals surface area contributed by atoms with Gasteiger partial charge < -0.3 is 0 Å². The monoisotopic (exact) mass is 357 g/mol. The Labute approximate surface area is 120 Å². The minimum atomic E-state index is 0.782. The van der Waals surface area contributed by atoms with Crippen molar-refractivity contribution < 1.29 is 0 Å². The maximum Gasteiger partial charge on any atom is 0.0654 e. The first kappa shape index (κ1) is 11.6. The van der Waals surface area contributed by atoms with E-state index in [9.17, 15) is 0 Å². The fraction of sp³-hybridized carbons (Fsp3) is 0.286. The maximum atomic E-state index is 6.40. The summed E-state index contributed by atoms with van der Waals surface area (Å²) in [5.74, 6) is 0. The molecule has 1 aromatic carbocycles. The van der Waals surface area contributed by atoms with Crippen LogP contribution in [0.5, 0.6) is 0 Å². The van der Waals surface area contributed by atoms with Gasteiger partial charge in [0.05, 0.1) is 11.2 Å². The van der Waals surface area contributed by atoms with Crippen LogP contribution in [0.3, 0.4) is 0 Å². The number of hydrogen-bond donors (Lipinski definition) is 0. The molecule has 2 aromatic rings. The van der Waals surface area contributed by atoms with E-state index in [1.54, 1.807) is 4.09 Å². The third-order valence-electron chi connectivity index (χ3n) is 3.33. The molecule has 0 fully saturated rings. The molecule has 1 atom stereocenters. The van der Waals surface area contributed by atoms with Crippen LogP contribution in [-0.4, -0.2) is 8.01 Å². The number of halogens is 2. The first-order valence-electron chi connectivity index (χ1n) is 5.86. The van der Waals surface area contributed by atoms with Crippen molar-refractivity contribution in [3.8, 4) is 0 Å². The molecule has 0 bridgehead atoms. The van der Waals surface area contributed by atoms with Gasteiger partial charge in [0.2, 0.25) is 0 Å². The summed E-state index contributed by atoms with van der Waals surface area (Å²) in [5.41, 5.74) is 3.65. The Morgan fingerprint density at radius 3 is 2.82 bits per heavy atom. The molecular formula is C14H13ClIN. The minimum absolute atomic E-state index is 0.782. The lowest BCUT2D eigenvalue weighted by molar-refractivity contribution is 0.781. The van der Waals surface area contributed by atoms with Crippen LogP contribution >= 0.6 is 34.4 Å². The van der Waals surface area contributed by atoms with Gasteiger partial charge in [-0.25, -0.2) is 0 Å². The predicted octanol–water partition coefficient (Wildman–Crippen LogP) is 5.01. The summed E-state index contributed by atoms with van der Waals surface area (Å²) < 4.78 is 2.58. The molecule has 1 aromatic heterocycles. The number of rotatable bonds is 1. The number of benzene rings is 1. The highest BCUT2D eigenvalue weighted by atomic mass is 127. The van der Waals surface area contributed by atoms with Gasteiger partial charge in [0.1, 0.15) is 0 Å². The largest absolute Gasteiger partial charge is 0.253 e. The highest BCUT2D eigenvalue weighted by Gasteiger charge is 2.16. The number of fused-ring (bicyclic) bond motifs is 1. The van der Waals surface area contributed by atoms with Gasteiger partial charge >= 0.3 is 0 Å². The number of nitrogens with zero attached hydrogens (tertiary/aromatic N) is 1. The fourth-order valence-corrected chi connectivity index (χ4v) is 3.25. The number of hydrogen-bond acceptors (Lipinski definition) is 0. The van der Waals surface area contributed by atoms with Gasteiger partial charge in [0.25, 0.3) is 0 Å². The van der Waals surface area contributed by atoms with Crippen LogP contribution in [0.1, 0.15) is 25.0 Å². The number of allylic oxidation sites excluding steroid dienone is 2. The van der Waals surface area contributed by atoms with Crippen LogP contribution in [0, 0.1) is 0 Å². The second-order valence-electron chi connectivity index (χ2n) is 4.47. The van der Waals surface area contributed by atoms with Crippen molar-refractivity contribution in [2.45, 2.75) is 23.2 Å². The van der Waals surface area contributed by atoms with E-state index in [-0.39, 0.29) is 0 Å². The Morgan fingerprint density at radius 2 is 2.12 bits per heavy atom. The molecule has 0 aliphatic heterocycles. The summed E-state index contributed by atoms with van der Waals surface area (Å²) >= 11 is 8.93. The zero-order valence-corrected chi connectivity index (χ0v) is 12.3. The lowest BCUT2D eigenvalue weighted by Gasteiger charge is -2.17. The molecule has 88 valence electrons. The van der Waals surface area contributed by atoms with E-state index in [0.29, 0.717) is 0 Å². The van der Waals surface area contributed by atoms with Gasteiger partial charge in [-0.15, -0.1) is 0 Å². The molecule has 0 N–H and O–H groups in total. The van der Waals surface area contributed by atoms with Crippen molar-refractivity contribution in [1.82, 2.24) is 4.09 Å². The Morgan fingerprint density at radius 1 is 1.29 bits per heavy atom. The molecule has 1 aliphatic carbocycles. The highest BCUT2D eigenvalue weighted by molar-refractivity contribution is 14.1. The van der Waals surface area contributed by atoms with E-state index in [2.05, 4.69) is 52.9 Å². The third kappa shape index (κ3) is 2.13. The summed E-state index contributed by atoms with van der Waals surface area (Å²) in [6.45, 7) is 0. The van der Waals surface area contributed by atoms with Crippen LogP contribution in [0.25, 0.3) is 16.5 Å². The SMILES string of the molecule is Cln1c(C2=CCC(I)CC2)cc2ccccc21. The zero-order valence-electron chi connectivity index (χ0n) is 9.37. The van der Waals surface area contributed by atoms with E-state index in [4.69, 9.17) is 11.8 Å². The minimum Gasteiger partial charge on any atom is -0.253 e. The average molecular weight is 358 g/mol. The van der Waals surface area contributed by atoms with E-state index in [1.807, 2.05) is 6.07 Å². The Bertz CT molecular complexity index is 585.